The van der Waals surface area contributed by atoms with Crippen molar-refractivity contribution in [3.8, 4) is 0 Å². The third-order valence-corrected chi connectivity index (χ3v) is 3.11. The second-order valence-corrected chi connectivity index (χ2v) is 4.78. The van der Waals surface area contributed by atoms with E-state index in [9.17, 15) is 9.59 Å². The Kier molecular flexibility index (Phi) is 5.71. The Balaban J connectivity index is 1.84. The highest BCUT2D eigenvalue weighted by molar-refractivity contribution is 5.93. The van der Waals surface area contributed by atoms with Crippen molar-refractivity contribution in [2.75, 3.05) is 31.7 Å². The lowest BCUT2D eigenvalue weighted by Crippen LogP contribution is -2.43. The molecule has 6 heteroatoms. The van der Waals surface area contributed by atoms with Gasteiger partial charge in [-0.1, -0.05) is 0 Å². The standard InChI is InChI=1S/C15H20N2O4/c1-2-21-15(19)11-3-5-12(6-4-11)17-14(18)9-13-10-20-8-7-16-13/h3-6,13,16H,2,7-10H2,1H3,(H,17,18). The average molecular weight is 292 g/mol. The van der Waals surface area contributed by atoms with E-state index < -0.39 is 0 Å². The number of carbonyl (C=O) groups is 2. The van der Waals surface area contributed by atoms with Crippen molar-refractivity contribution in [3.63, 3.8) is 0 Å². The molecule has 1 fully saturated rings. The summed E-state index contributed by atoms with van der Waals surface area (Å²) in [5.41, 5.74) is 1.13. The number of ether oxygens (including phenoxy) is 2. The molecule has 1 aromatic carbocycles. The molecular formula is C15H20N2O4. The van der Waals surface area contributed by atoms with Crippen LogP contribution >= 0.6 is 0 Å². The second kappa shape index (κ2) is 7.75. The molecule has 0 aliphatic carbocycles. The first-order chi connectivity index (χ1) is 10.2. The normalized spacial score (nSPS) is 18.0. The molecule has 1 saturated heterocycles. The van der Waals surface area contributed by atoms with Crippen LogP contribution in [0.2, 0.25) is 0 Å². The Labute approximate surface area is 123 Å². The Morgan fingerprint density at radius 2 is 2.14 bits per heavy atom. The first-order valence-corrected chi connectivity index (χ1v) is 7.07. The minimum absolute atomic E-state index is 0.0533. The van der Waals surface area contributed by atoms with Crippen molar-refractivity contribution in [1.29, 1.82) is 0 Å². The van der Waals surface area contributed by atoms with E-state index in [1.807, 2.05) is 0 Å². The number of nitrogens with one attached hydrogen (secondary N) is 2. The zero-order valence-electron chi connectivity index (χ0n) is 12.1. The molecule has 114 valence electrons. The molecular weight excluding hydrogens is 272 g/mol. The fourth-order valence-electron chi connectivity index (χ4n) is 2.09. The van der Waals surface area contributed by atoms with Crippen molar-refractivity contribution in [2.45, 2.75) is 19.4 Å². The van der Waals surface area contributed by atoms with E-state index in [4.69, 9.17) is 9.47 Å². The molecule has 0 aromatic heterocycles. The molecule has 1 unspecified atom stereocenters. The summed E-state index contributed by atoms with van der Waals surface area (Å²) >= 11 is 0. The molecule has 21 heavy (non-hydrogen) atoms. The molecule has 1 aliphatic heterocycles. The maximum absolute atomic E-state index is 11.9. The number of rotatable bonds is 5. The quantitative estimate of drug-likeness (QED) is 0.797. The Bertz CT molecular complexity index is 481. The van der Waals surface area contributed by atoms with Gasteiger partial charge in [-0.15, -0.1) is 0 Å². The summed E-state index contributed by atoms with van der Waals surface area (Å²) in [7, 11) is 0. The first-order valence-electron chi connectivity index (χ1n) is 7.07. The zero-order chi connectivity index (χ0) is 15.1. The van der Waals surface area contributed by atoms with Gasteiger partial charge in [0.25, 0.3) is 0 Å². The predicted octanol–water partition coefficient (Wildman–Crippen LogP) is 1.18. The van der Waals surface area contributed by atoms with Crippen LogP contribution in [0.3, 0.4) is 0 Å². The summed E-state index contributed by atoms with van der Waals surface area (Å²) in [5.74, 6) is -0.444. The fourth-order valence-corrected chi connectivity index (χ4v) is 2.09. The second-order valence-electron chi connectivity index (χ2n) is 4.78. The summed E-state index contributed by atoms with van der Waals surface area (Å²) < 4.78 is 10.2. The van der Waals surface area contributed by atoms with Gasteiger partial charge in [0.2, 0.25) is 5.91 Å². The number of esters is 1. The van der Waals surface area contributed by atoms with Gasteiger partial charge >= 0.3 is 5.97 Å². The minimum atomic E-state index is -0.362. The van der Waals surface area contributed by atoms with Gasteiger partial charge in [0.05, 0.1) is 25.4 Å². The lowest BCUT2D eigenvalue weighted by molar-refractivity contribution is -0.117. The van der Waals surface area contributed by atoms with Crippen LogP contribution in [0.15, 0.2) is 24.3 Å². The number of morpholine rings is 1. The average Bonchev–Trinajstić information content (AvgIpc) is 2.49. The minimum Gasteiger partial charge on any atom is -0.462 e. The molecule has 1 aromatic rings. The van der Waals surface area contributed by atoms with Gasteiger partial charge in [0.1, 0.15) is 0 Å². The van der Waals surface area contributed by atoms with E-state index in [-0.39, 0.29) is 17.9 Å². The lowest BCUT2D eigenvalue weighted by Gasteiger charge is -2.23. The highest BCUT2D eigenvalue weighted by Crippen LogP contribution is 2.11. The highest BCUT2D eigenvalue weighted by Gasteiger charge is 2.17. The summed E-state index contributed by atoms with van der Waals surface area (Å²) in [6.07, 6.45) is 0.361. The van der Waals surface area contributed by atoms with Crippen LogP contribution in [0, 0.1) is 0 Å². The van der Waals surface area contributed by atoms with Gasteiger partial charge in [-0.3, -0.25) is 4.79 Å². The Morgan fingerprint density at radius 3 is 2.76 bits per heavy atom. The van der Waals surface area contributed by atoms with Crippen LogP contribution in [0.1, 0.15) is 23.7 Å². The first kappa shape index (κ1) is 15.5. The van der Waals surface area contributed by atoms with Gasteiger partial charge < -0.3 is 20.1 Å². The zero-order valence-corrected chi connectivity index (χ0v) is 12.1. The van der Waals surface area contributed by atoms with E-state index in [0.29, 0.717) is 37.5 Å². The summed E-state index contributed by atoms with van der Waals surface area (Å²) in [4.78, 5) is 23.4. The number of carbonyl (C=O) groups excluding carboxylic acids is 2. The van der Waals surface area contributed by atoms with Gasteiger partial charge in [-0.05, 0) is 31.2 Å². The lowest BCUT2D eigenvalue weighted by atomic mass is 10.1. The number of benzene rings is 1. The van der Waals surface area contributed by atoms with Gasteiger partial charge in [0, 0.05) is 24.7 Å². The molecule has 2 N–H and O–H groups in total. The molecule has 1 heterocycles. The van der Waals surface area contributed by atoms with Gasteiger partial charge in [0.15, 0.2) is 0 Å². The van der Waals surface area contributed by atoms with Crippen molar-refractivity contribution in [1.82, 2.24) is 5.32 Å². The van der Waals surface area contributed by atoms with Crippen LogP contribution in [0.5, 0.6) is 0 Å². The summed E-state index contributed by atoms with van der Waals surface area (Å²) in [6, 6.07) is 6.70. The maximum Gasteiger partial charge on any atom is 0.338 e. The highest BCUT2D eigenvalue weighted by atomic mass is 16.5. The molecule has 1 aliphatic rings. The fraction of sp³-hybridized carbons (Fsp3) is 0.467. The third-order valence-electron chi connectivity index (χ3n) is 3.11. The SMILES string of the molecule is CCOC(=O)c1ccc(NC(=O)CC2COCCN2)cc1. The maximum atomic E-state index is 11.9. The molecule has 0 spiro atoms. The molecule has 2 rings (SSSR count). The summed E-state index contributed by atoms with van der Waals surface area (Å²) in [5, 5.41) is 6.03. The van der Waals surface area contributed by atoms with E-state index in [1.54, 1.807) is 31.2 Å². The van der Waals surface area contributed by atoms with Crippen molar-refractivity contribution in [3.05, 3.63) is 29.8 Å². The van der Waals surface area contributed by atoms with E-state index in [2.05, 4.69) is 10.6 Å². The molecule has 6 nitrogen and oxygen atoms in total. The van der Waals surface area contributed by atoms with Crippen LogP contribution in [0.4, 0.5) is 5.69 Å². The van der Waals surface area contributed by atoms with Crippen molar-refractivity contribution >= 4 is 17.6 Å². The summed E-state index contributed by atoms with van der Waals surface area (Å²) in [6.45, 7) is 4.11. The monoisotopic (exact) mass is 292 g/mol. The molecule has 0 saturated carbocycles. The van der Waals surface area contributed by atoms with E-state index in [0.717, 1.165) is 6.54 Å². The molecule has 1 amide bonds. The predicted molar refractivity (Wildman–Crippen MR) is 78.3 cm³/mol. The Morgan fingerprint density at radius 1 is 1.38 bits per heavy atom. The number of hydrogen-bond acceptors (Lipinski definition) is 5. The van der Waals surface area contributed by atoms with Gasteiger partial charge in [-0.25, -0.2) is 4.79 Å². The van der Waals surface area contributed by atoms with Crippen molar-refractivity contribution < 1.29 is 19.1 Å². The molecule has 1 atom stereocenters. The topological polar surface area (TPSA) is 76.7 Å². The van der Waals surface area contributed by atoms with Crippen LogP contribution in [-0.4, -0.2) is 44.3 Å². The van der Waals surface area contributed by atoms with Crippen LogP contribution in [0.25, 0.3) is 0 Å². The van der Waals surface area contributed by atoms with Gasteiger partial charge in [-0.2, -0.15) is 0 Å². The van der Waals surface area contributed by atoms with Crippen LogP contribution < -0.4 is 10.6 Å². The van der Waals surface area contributed by atoms with E-state index in [1.165, 1.54) is 0 Å². The Hall–Kier alpha value is -1.92. The van der Waals surface area contributed by atoms with Crippen molar-refractivity contribution in [2.24, 2.45) is 0 Å². The van der Waals surface area contributed by atoms with Crippen LogP contribution in [-0.2, 0) is 14.3 Å². The van der Waals surface area contributed by atoms with E-state index >= 15 is 0 Å². The molecule has 0 radical (unpaired) electrons. The number of anilines is 1. The number of amides is 1. The third kappa shape index (κ3) is 4.84. The smallest absolute Gasteiger partial charge is 0.338 e. The largest absolute Gasteiger partial charge is 0.462 e. The molecule has 0 bridgehead atoms. The number of hydrogen-bond donors (Lipinski definition) is 2.